The first-order chi connectivity index (χ1) is 17.5. The van der Waals surface area contributed by atoms with Crippen LogP contribution in [-0.4, -0.2) is 31.6 Å². The Bertz CT molecular complexity index is 1710. The molecule has 9 nitrogen and oxygen atoms in total. The minimum atomic E-state index is -5.02. The fraction of sp³-hybridized carbons (Fsp3) is 0.125. The number of rotatable bonds is 5. The lowest BCUT2D eigenvalue weighted by Crippen LogP contribution is -2.21. The largest absolute Gasteiger partial charge is 0.439 e. The molecule has 2 amide bonds. The van der Waals surface area contributed by atoms with E-state index in [9.17, 15) is 27.2 Å². The van der Waals surface area contributed by atoms with Crippen molar-refractivity contribution in [2.24, 2.45) is 11.5 Å². The van der Waals surface area contributed by atoms with Gasteiger partial charge in [0, 0.05) is 28.3 Å². The van der Waals surface area contributed by atoms with E-state index < -0.39 is 51.9 Å². The van der Waals surface area contributed by atoms with E-state index in [2.05, 4.69) is 15.1 Å². The number of nitrogens with zero attached hydrogens (tertiary/aromatic N) is 4. The lowest BCUT2D eigenvalue weighted by molar-refractivity contribution is -0.141. The number of halogens is 4. The summed E-state index contributed by atoms with van der Waals surface area (Å²) >= 11 is 0. The molecule has 188 valence electrons. The van der Waals surface area contributed by atoms with Gasteiger partial charge in [-0.15, -0.1) is 0 Å². The number of nitrogens with two attached hydrogens (primary N) is 2. The van der Waals surface area contributed by atoms with Gasteiger partial charge >= 0.3 is 6.18 Å². The Morgan fingerprint density at radius 3 is 2.38 bits per heavy atom. The standard InChI is InChI=1S/C24H16F4N6O3/c1-10-17(19-18(22(29)35)12-7-6-11(25)8-14(12)32-20(19)23(30)36)21(24(26,27)28)33-34(10)9-16-31-13-4-2-3-5-15(13)37-16/h2-8H,9H2,1H3,(H2,29,35)(H2,30,36). The summed E-state index contributed by atoms with van der Waals surface area (Å²) in [6.45, 7) is 1.01. The molecule has 0 aliphatic carbocycles. The van der Waals surface area contributed by atoms with E-state index in [1.165, 1.54) is 6.92 Å². The van der Waals surface area contributed by atoms with Crippen LogP contribution in [0, 0.1) is 12.7 Å². The predicted molar refractivity (Wildman–Crippen MR) is 123 cm³/mol. The van der Waals surface area contributed by atoms with Gasteiger partial charge in [0.15, 0.2) is 11.3 Å². The number of carbonyl (C=O) groups is 2. The van der Waals surface area contributed by atoms with Gasteiger partial charge in [-0.05, 0) is 31.2 Å². The highest BCUT2D eigenvalue weighted by molar-refractivity contribution is 6.15. The molecule has 13 heteroatoms. The number of primary amides is 2. The average Bonchev–Trinajstić information content (AvgIpc) is 3.38. The monoisotopic (exact) mass is 512 g/mol. The number of pyridine rings is 1. The quantitative estimate of drug-likeness (QED) is 0.342. The Hall–Kier alpha value is -4.81. The molecule has 0 aliphatic rings. The normalized spacial score (nSPS) is 11.9. The fourth-order valence-electron chi connectivity index (χ4n) is 4.23. The van der Waals surface area contributed by atoms with Crippen LogP contribution in [0.5, 0.6) is 0 Å². The molecule has 4 N–H and O–H groups in total. The summed E-state index contributed by atoms with van der Waals surface area (Å²) in [6, 6.07) is 9.79. The number of carbonyl (C=O) groups excluding carboxylic acids is 2. The van der Waals surface area contributed by atoms with E-state index in [-0.39, 0.29) is 29.0 Å². The fourth-order valence-corrected chi connectivity index (χ4v) is 4.23. The first-order valence-corrected chi connectivity index (χ1v) is 10.7. The summed E-state index contributed by atoms with van der Waals surface area (Å²) in [5, 5.41) is 3.66. The molecule has 5 aromatic rings. The lowest BCUT2D eigenvalue weighted by Gasteiger charge is -2.16. The van der Waals surface area contributed by atoms with Crippen LogP contribution in [0.15, 0.2) is 46.9 Å². The van der Waals surface area contributed by atoms with Crippen LogP contribution in [-0.2, 0) is 12.7 Å². The van der Waals surface area contributed by atoms with Gasteiger partial charge in [-0.3, -0.25) is 14.3 Å². The summed E-state index contributed by atoms with van der Waals surface area (Å²) in [7, 11) is 0. The maximum Gasteiger partial charge on any atom is 0.435 e. The van der Waals surface area contributed by atoms with Gasteiger partial charge in [0.2, 0.25) is 11.8 Å². The van der Waals surface area contributed by atoms with E-state index in [0.29, 0.717) is 11.1 Å². The van der Waals surface area contributed by atoms with Crippen LogP contribution in [0.25, 0.3) is 33.1 Å². The minimum Gasteiger partial charge on any atom is -0.439 e. The SMILES string of the molecule is Cc1c(-c2c(C(N)=O)nc3cc(F)ccc3c2C(N)=O)c(C(F)(F)F)nn1Cc1nc2ccccc2o1. The third kappa shape index (κ3) is 4.03. The van der Waals surface area contributed by atoms with Crippen molar-refractivity contribution in [2.45, 2.75) is 19.6 Å². The smallest absolute Gasteiger partial charge is 0.435 e. The zero-order valence-electron chi connectivity index (χ0n) is 18.9. The Balaban J connectivity index is 1.82. The second-order valence-electron chi connectivity index (χ2n) is 8.14. The molecular weight excluding hydrogens is 496 g/mol. The highest BCUT2D eigenvalue weighted by Gasteiger charge is 2.41. The Labute approximate surface area is 204 Å². The molecule has 0 saturated heterocycles. The predicted octanol–water partition coefficient (Wildman–Crippen LogP) is 3.95. The molecule has 0 saturated carbocycles. The maximum atomic E-state index is 14.2. The van der Waals surface area contributed by atoms with E-state index in [1.54, 1.807) is 24.3 Å². The zero-order chi connectivity index (χ0) is 26.6. The molecule has 0 aliphatic heterocycles. The van der Waals surface area contributed by atoms with Crippen molar-refractivity contribution in [2.75, 3.05) is 0 Å². The van der Waals surface area contributed by atoms with Crippen molar-refractivity contribution >= 4 is 33.8 Å². The first-order valence-electron chi connectivity index (χ1n) is 10.7. The zero-order valence-corrected chi connectivity index (χ0v) is 18.9. The van der Waals surface area contributed by atoms with Crippen LogP contribution in [0.2, 0.25) is 0 Å². The Morgan fingerprint density at radius 2 is 1.73 bits per heavy atom. The van der Waals surface area contributed by atoms with Crippen LogP contribution in [0.1, 0.15) is 38.1 Å². The number of aromatic nitrogens is 4. The summed E-state index contributed by atoms with van der Waals surface area (Å²) < 4.78 is 63.2. The summed E-state index contributed by atoms with van der Waals surface area (Å²) in [5.41, 5.74) is 7.91. The van der Waals surface area contributed by atoms with Gasteiger partial charge in [-0.25, -0.2) is 14.4 Å². The van der Waals surface area contributed by atoms with Gasteiger partial charge in [-0.2, -0.15) is 18.3 Å². The van der Waals surface area contributed by atoms with Crippen molar-refractivity contribution < 1.29 is 31.6 Å². The van der Waals surface area contributed by atoms with Crippen LogP contribution >= 0.6 is 0 Å². The van der Waals surface area contributed by atoms with Crippen LogP contribution < -0.4 is 11.5 Å². The van der Waals surface area contributed by atoms with Gasteiger partial charge in [0.05, 0.1) is 11.1 Å². The molecule has 0 fully saturated rings. The molecule has 3 heterocycles. The summed E-state index contributed by atoms with van der Waals surface area (Å²) in [4.78, 5) is 33.1. The topological polar surface area (TPSA) is 143 Å². The molecule has 0 spiro atoms. The number of oxazole rings is 1. The molecule has 0 unspecified atom stereocenters. The third-order valence-electron chi connectivity index (χ3n) is 5.78. The van der Waals surface area contributed by atoms with Crippen molar-refractivity contribution in [3.05, 3.63) is 76.8 Å². The van der Waals surface area contributed by atoms with Crippen molar-refractivity contribution in [1.29, 1.82) is 0 Å². The Morgan fingerprint density at radius 1 is 1.00 bits per heavy atom. The van der Waals surface area contributed by atoms with Crippen LogP contribution in [0.4, 0.5) is 17.6 Å². The molecular formula is C24H16F4N6O3. The Kier molecular flexibility index (Phi) is 5.43. The van der Waals surface area contributed by atoms with Gasteiger partial charge < -0.3 is 15.9 Å². The number of benzene rings is 2. The van der Waals surface area contributed by atoms with Crippen molar-refractivity contribution in [3.63, 3.8) is 0 Å². The second kappa shape index (κ2) is 8.40. The maximum absolute atomic E-state index is 14.2. The van der Waals surface area contributed by atoms with E-state index in [4.69, 9.17) is 15.9 Å². The average molecular weight is 512 g/mol. The number of fused-ring (bicyclic) bond motifs is 2. The second-order valence-corrected chi connectivity index (χ2v) is 8.14. The third-order valence-corrected chi connectivity index (χ3v) is 5.78. The highest BCUT2D eigenvalue weighted by Crippen LogP contribution is 2.42. The number of amides is 2. The number of para-hydroxylation sites is 2. The highest BCUT2D eigenvalue weighted by atomic mass is 19.4. The first kappa shape index (κ1) is 23.9. The van der Waals surface area contributed by atoms with Crippen molar-refractivity contribution in [1.82, 2.24) is 19.7 Å². The van der Waals surface area contributed by atoms with Gasteiger partial charge in [-0.1, -0.05) is 12.1 Å². The molecule has 0 radical (unpaired) electrons. The molecule has 0 atom stereocenters. The van der Waals surface area contributed by atoms with E-state index >= 15 is 0 Å². The molecule has 37 heavy (non-hydrogen) atoms. The van der Waals surface area contributed by atoms with E-state index in [0.717, 1.165) is 22.9 Å². The number of hydrogen-bond donors (Lipinski definition) is 2. The lowest BCUT2D eigenvalue weighted by atomic mass is 9.92. The molecule has 0 bridgehead atoms. The van der Waals surface area contributed by atoms with E-state index in [1.807, 2.05) is 0 Å². The van der Waals surface area contributed by atoms with Gasteiger partial charge in [0.25, 0.3) is 5.91 Å². The summed E-state index contributed by atoms with van der Waals surface area (Å²) in [5.74, 6) is -3.10. The minimum absolute atomic E-state index is 0.0619. The molecule has 3 aromatic heterocycles. The number of alkyl halides is 3. The van der Waals surface area contributed by atoms with Gasteiger partial charge in [0.1, 0.15) is 23.6 Å². The molecule has 5 rings (SSSR count). The number of hydrogen-bond acceptors (Lipinski definition) is 6. The van der Waals surface area contributed by atoms with Crippen LogP contribution in [0.3, 0.4) is 0 Å². The molecule has 2 aromatic carbocycles. The van der Waals surface area contributed by atoms with Crippen molar-refractivity contribution in [3.8, 4) is 11.1 Å². The summed E-state index contributed by atoms with van der Waals surface area (Å²) in [6.07, 6.45) is -5.02.